The van der Waals surface area contributed by atoms with Crippen LogP contribution in [0.25, 0.3) is 0 Å². The zero-order chi connectivity index (χ0) is 25.0. The Morgan fingerprint density at radius 2 is 1.86 bits per heavy atom. The highest BCUT2D eigenvalue weighted by atomic mass is 35.5. The predicted octanol–water partition coefficient (Wildman–Crippen LogP) is 5.43. The number of amides is 2. The number of carbonyl (C=O) groups excluding carboxylic acids is 2. The van der Waals surface area contributed by atoms with Gasteiger partial charge in [-0.15, -0.1) is 11.3 Å². The second-order valence-electron chi connectivity index (χ2n) is 8.99. The quantitative estimate of drug-likeness (QED) is 0.455. The highest BCUT2D eigenvalue weighted by molar-refractivity contribution is 7.09. The van der Waals surface area contributed by atoms with Crippen molar-refractivity contribution in [3.8, 4) is 5.75 Å². The number of halogens is 2. The summed E-state index contributed by atoms with van der Waals surface area (Å²) in [5.41, 5.74) is 0.142. The number of rotatable bonds is 7. The summed E-state index contributed by atoms with van der Waals surface area (Å²) in [7, 11) is 0. The number of aromatic nitrogens is 1. The van der Waals surface area contributed by atoms with Gasteiger partial charge in [0.25, 0.3) is 11.8 Å². The Bertz CT molecular complexity index is 1190. The van der Waals surface area contributed by atoms with Crippen molar-refractivity contribution in [1.29, 1.82) is 0 Å². The molecule has 1 fully saturated rings. The van der Waals surface area contributed by atoms with Crippen LogP contribution < -0.4 is 10.1 Å². The van der Waals surface area contributed by atoms with Crippen molar-refractivity contribution in [2.75, 3.05) is 13.1 Å². The maximum atomic E-state index is 13.2. The number of carbonyl (C=O) groups is 2. The van der Waals surface area contributed by atoms with Crippen LogP contribution in [0.1, 0.15) is 53.7 Å². The molecule has 6 nitrogen and oxygen atoms in total. The molecule has 1 aliphatic rings. The van der Waals surface area contributed by atoms with Crippen molar-refractivity contribution < 1.29 is 18.7 Å². The van der Waals surface area contributed by atoms with Gasteiger partial charge in [0.05, 0.1) is 10.0 Å². The normalized spacial score (nSPS) is 14.6. The molecule has 0 atom stereocenters. The van der Waals surface area contributed by atoms with E-state index in [1.54, 1.807) is 43.5 Å². The van der Waals surface area contributed by atoms with Gasteiger partial charge >= 0.3 is 0 Å². The van der Waals surface area contributed by atoms with Gasteiger partial charge in [-0.3, -0.25) is 9.59 Å². The third kappa shape index (κ3) is 6.18. The molecule has 2 aromatic carbocycles. The minimum atomic E-state index is -1.05. The first-order valence-electron chi connectivity index (χ1n) is 11.4. The van der Waals surface area contributed by atoms with Gasteiger partial charge in [0.15, 0.2) is 5.60 Å². The predicted molar refractivity (Wildman–Crippen MR) is 134 cm³/mol. The number of para-hydroxylation sites is 1. The fourth-order valence-corrected chi connectivity index (χ4v) is 5.16. The van der Waals surface area contributed by atoms with Crippen LogP contribution in [0.2, 0.25) is 5.02 Å². The summed E-state index contributed by atoms with van der Waals surface area (Å²) in [6.45, 7) is 4.98. The van der Waals surface area contributed by atoms with Gasteiger partial charge in [0.1, 0.15) is 17.3 Å². The minimum Gasteiger partial charge on any atom is -0.476 e. The Balaban J connectivity index is 1.30. The number of nitrogens with zero attached hydrogens (tertiary/aromatic N) is 2. The lowest BCUT2D eigenvalue weighted by molar-refractivity contribution is -0.146. The second-order valence-corrected chi connectivity index (χ2v) is 10.3. The van der Waals surface area contributed by atoms with Crippen LogP contribution in [0.4, 0.5) is 4.39 Å². The standard InChI is InChI=1S/C26H27ClFN3O3S/c1-26(2,34-22-6-4-3-5-20(22)27)25(33)31-13-11-18(12-14-31)24-30-21(16-35-24)23(32)29-15-17-7-9-19(28)10-8-17/h3-10,16,18H,11-15H2,1-2H3,(H,29,32). The number of benzene rings is 2. The van der Waals surface area contributed by atoms with E-state index in [1.165, 1.54) is 23.5 Å². The third-order valence-corrected chi connectivity index (χ3v) is 7.29. The first-order valence-corrected chi connectivity index (χ1v) is 12.7. The Morgan fingerprint density at radius 1 is 1.17 bits per heavy atom. The van der Waals surface area contributed by atoms with Crippen LogP contribution in [-0.4, -0.2) is 40.4 Å². The maximum absolute atomic E-state index is 13.2. The van der Waals surface area contributed by atoms with Crippen molar-refractivity contribution in [3.63, 3.8) is 0 Å². The summed E-state index contributed by atoms with van der Waals surface area (Å²) in [6, 6.07) is 13.1. The molecule has 4 rings (SSSR count). The average molecular weight is 516 g/mol. The molecule has 0 radical (unpaired) electrons. The summed E-state index contributed by atoms with van der Waals surface area (Å²) in [5.74, 6) is 0.0122. The van der Waals surface area contributed by atoms with Gasteiger partial charge in [-0.05, 0) is 56.5 Å². The molecule has 3 aromatic rings. The first-order chi connectivity index (χ1) is 16.7. The molecule has 2 heterocycles. The molecule has 2 amide bonds. The van der Waals surface area contributed by atoms with Crippen molar-refractivity contribution in [3.05, 3.63) is 81.0 Å². The van der Waals surface area contributed by atoms with E-state index in [1.807, 2.05) is 17.0 Å². The molecule has 1 aromatic heterocycles. The Hall–Kier alpha value is -2.97. The summed E-state index contributed by atoms with van der Waals surface area (Å²) < 4.78 is 19.0. The Morgan fingerprint density at radius 3 is 2.54 bits per heavy atom. The van der Waals surface area contributed by atoms with E-state index in [0.717, 1.165) is 23.4 Å². The summed E-state index contributed by atoms with van der Waals surface area (Å²) in [4.78, 5) is 32.0. The molecule has 0 saturated carbocycles. The van der Waals surface area contributed by atoms with E-state index in [-0.39, 0.29) is 23.5 Å². The lowest BCUT2D eigenvalue weighted by atomic mass is 9.96. The molecule has 1 N–H and O–H groups in total. The van der Waals surface area contributed by atoms with Gasteiger partial charge in [0.2, 0.25) is 0 Å². The SMILES string of the molecule is CC(C)(Oc1ccccc1Cl)C(=O)N1CCC(c2nc(C(=O)NCc3ccc(F)cc3)cs2)CC1. The molecule has 0 bridgehead atoms. The monoisotopic (exact) mass is 515 g/mol. The fraction of sp³-hybridized carbons (Fsp3) is 0.346. The van der Waals surface area contributed by atoms with Crippen LogP contribution in [0, 0.1) is 5.82 Å². The smallest absolute Gasteiger partial charge is 0.271 e. The minimum absolute atomic E-state index is 0.0872. The molecule has 0 aliphatic carbocycles. The topological polar surface area (TPSA) is 71.5 Å². The zero-order valence-electron chi connectivity index (χ0n) is 19.6. The number of piperidine rings is 1. The molecule has 1 aliphatic heterocycles. The largest absolute Gasteiger partial charge is 0.476 e. The number of hydrogen-bond acceptors (Lipinski definition) is 5. The number of nitrogens with one attached hydrogen (secondary N) is 1. The molecule has 184 valence electrons. The molecule has 9 heteroatoms. The lowest BCUT2D eigenvalue weighted by Gasteiger charge is -2.36. The van der Waals surface area contributed by atoms with Gasteiger partial charge in [-0.1, -0.05) is 35.9 Å². The van der Waals surface area contributed by atoms with Crippen molar-refractivity contribution >= 4 is 34.8 Å². The zero-order valence-corrected chi connectivity index (χ0v) is 21.2. The molecular formula is C26H27ClFN3O3S. The highest BCUT2D eigenvalue weighted by Gasteiger charge is 2.37. The maximum Gasteiger partial charge on any atom is 0.271 e. The van der Waals surface area contributed by atoms with Crippen LogP contribution >= 0.6 is 22.9 Å². The van der Waals surface area contributed by atoms with Gasteiger partial charge in [-0.25, -0.2) is 9.37 Å². The van der Waals surface area contributed by atoms with Crippen molar-refractivity contribution in [2.24, 2.45) is 0 Å². The number of ether oxygens (including phenoxy) is 1. The highest BCUT2D eigenvalue weighted by Crippen LogP contribution is 2.33. The molecular weight excluding hydrogens is 489 g/mol. The number of thiazole rings is 1. The van der Waals surface area contributed by atoms with E-state index >= 15 is 0 Å². The van der Waals surface area contributed by atoms with Crippen LogP contribution in [-0.2, 0) is 11.3 Å². The van der Waals surface area contributed by atoms with Crippen LogP contribution in [0.3, 0.4) is 0 Å². The van der Waals surface area contributed by atoms with E-state index in [0.29, 0.717) is 36.1 Å². The Kier molecular flexibility index (Phi) is 7.72. The molecule has 0 unspecified atom stereocenters. The van der Waals surface area contributed by atoms with Crippen LogP contribution in [0.5, 0.6) is 5.75 Å². The molecule has 0 spiro atoms. The summed E-state index contributed by atoms with van der Waals surface area (Å²) >= 11 is 7.65. The third-order valence-electron chi connectivity index (χ3n) is 5.97. The van der Waals surface area contributed by atoms with E-state index in [4.69, 9.17) is 16.3 Å². The number of hydrogen-bond donors (Lipinski definition) is 1. The summed E-state index contributed by atoms with van der Waals surface area (Å²) in [5, 5.41) is 5.94. The van der Waals surface area contributed by atoms with E-state index < -0.39 is 5.60 Å². The Labute approximate surface area is 213 Å². The number of likely N-dealkylation sites (tertiary alicyclic amines) is 1. The van der Waals surface area contributed by atoms with E-state index in [2.05, 4.69) is 10.3 Å². The summed E-state index contributed by atoms with van der Waals surface area (Å²) in [6.07, 6.45) is 1.52. The molecule has 1 saturated heterocycles. The molecule has 35 heavy (non-hydrogen) atoms. The average Bonchev–Trinajstić information content (AvgIpc) is 3.35. The van der Waals surface area contributed by atoms with Gasteiger partial charge in [0, 0.05) is 30.9 Å². The van der Waals surface area contributed by atoms with Gasteiger partial charge in [-0.2, -0.15) is 0 Å². The van der Waals surface area contributed by atoms with Crippen LogP contribution in [0.15, 0.2) is 53.9 Å². The fourth-order valence-electron chi connectivity index (χ4n) is 4.01. The van der Waals surface area contributed by atoms with Gasteiger partial charge < -0.3 is 15.0 Å². The lowest BCUT2D eigenvalue weighted by Crippen LogP contribution is -2.51. The van der Waals surface area contributed by atoms with Crippen molar-refractivity contribution in [1.82, 2.24) is 15.2 Å². The van der Waals surface area contributed by atoms with E-state index in [9.17, 15) is 14.0 Å². The first kappa shape index (κ1) is 25.1. The van der Waals surface area contributed by atoms with Crippen molar-refractivity contribution in [2.45, 2.75) is 44.8 Å². The second kappa shape index (κ2) is 10.7.